The fraction of sp³-hybridized carbons (Fsp3) is 0.167. The van der Waals surface area contributed by atoms with Crippen LogP contribution in [0.1, 0.15) is 29.1 Å². The third kappa shape index (κ3) is 2.66. The molecule has 4 nitrogen and oxygen atoms in total. The minimum absolute atomic E-state index is 0.250. The van der Waals surface area contributed by atoms with Crippen LogP contribution in [0.25, 0.3) is 0 Å². The lowest BCUT2D eigenvalue weighted by molar-refractivity contribution is 0.0938. The molecule has 2 aromatic rings. The average molecular weight is 284 g/mol. The molecule has 1 unspecified atom stereocenters. The molecule has 1 aromatic carbocycles. The lowest BCUT2D eigenvalue weighted by atomic mass is 10.2. The first kappa shape index (κ1) is 12.9. The molecule has 0 radical (unpaired) electrons. The Morgan fingerprint density at radius 1 is 1.39 bits per heavy atom. The molecule has 1 aromatic heterocycles. The molecule has 0 spiro atoms. The molecule has 0 saturated heterocycles. The van der Waals surface area contributed by atoms with E-state index in [1.165, 1.54) is 0 Å². The van der Waals surface area contributed by atoms with Gasteiger partial charge in [0, 0.05) is 12.4 Å². The Bertz CT molecular complexity index is 534. The maximum absolute atomic E-state index is 12.1. The number of carbonyl (C=O) groups excluding carboxylic acids is 1. The Labute approximate surface area is 114 Å². The van der Waals surface area contributed by atoms with Crippen LogP contribution in [0.4, 0.5) is 0 Å². The Hall–Kier alpha value is -1.52. The van der Waals surface area contributed by atoms with Crippen molar-refractivity contribution in [3.8, 4) is 0 Å². The zero-order valence-electron chi connectivity index (χ0n) is 9.58. The van der Waals surface area contributed by atoms with E-state index in [0.29, 0.717) is 15.9 Å². The van der Waals surface area contributed by atoms with Gasteiger partial charge in [-0.1, -0.05) is 29.3 Å². The molecule has 0 fully saturated rings. The van der Waals surface area contributed by atoms with Gasteiger partial charge in [0.1, 0.15) is 5.82 Å². The molecule has 1 heterocycles. The van der Waals surface area contributed by atoms with Crippen LogP contribution >= 0.6 is 23.2 Å². The summed E-state index contributed by atoms with van der Waals surface area (Å²) in [6.07, 6.45) is 3.32. The molecule has 2 rings (SSSR count). The average Bonchev–Trinajstić information content (AvgIpc) is 2.81. The van der Waals surface area contributed by atoms with Gasteiger partial charge in [0.15, 0.2) is 0 Å². The molecule has 0 aliphatic carbocycles. The lowest BCUT2D eigenvalue weighted by Crippen LogP contribution is -2.27. The Kier molecular flexibility index (Phi) is 3.89. The van der Waals surface area contributed by atoms with Crippen molar-refractivity contribution in [1.29, 1.82) is 0 Å². The molecule has 0 bridgehead atoms. The van der Waals surface area contributed by atoms with Crippen molar-refractivity contribution < 1.29 is 4.79 Å². The molecule has 1 atom stereocenters. The van der Waals surface area contributed by atoms with Crippen LogP contribution in [0, 0.1) is 0 Å². The Morgan fingerprint density at radius 2 is 2.06 bits per heavy atom. The van der Waals surface area contributed by atoms with E-state index in [4.69, 9.17) is 23.2 Å². The first-order chi connectivity index (χ1) is 8.59. The van der Waals surface area contributed by atoms with E-state index in [-0.39, 0.29) is 17.5 Å². The van der Waals surface area contributed by atoms with Crippen molar-refractivity contribution in [2.75, 3.05) is 0 Å². The second-order valence-corrected chi connectivity index (χ2v) is 4.58. The molecule has 0 aliphatic heterocycles. The van der Waals surface area contributed by atoms with Gasteiger partial charge in [-0.05, 0) is 19.1 Å². The second kappa shape index (κ2) is 5.42. The number of nitrogens with one attached hydrogen (secondary N) is 2. The maximum atomic E-state index is 12.1. The summed E-state index contributed by atoms with van der Waals surface area (Å²) in [6, 6.07) is 4.69. The highest BCUT2D eigenvalue weighted by molar-refractivity contribution is 6.39. The summed E-state index contributed by atoms with van der Waals surface area (Å²) in [4.78, 5) is 19.1. The van der Waals surface area contributed by atoms with Crippen LogP contribution in [-0.4, -0.2) is 15.9 Å². The molecule has 0 saturated carbocycles. The molecule has 2 N–H and O–H groups in total. The molecule has 1 amide bonds. The van der Waals surface area contributed by atoms with Crippen LogP contribution in [0.3, 0.4) is 0 Å². The first-order valence-corrected chi connectivity index (χ1v) is 6.09. The zero-order chi connectivity index (χ0) is 13.1. The Morgan fingerprint density at radius 3 is 2.61 bits per heavy atom. The van der Waals surface area contributed by atoms with Gasteiger partial charge < -0.3 is 10.3 Å². The number of nitrogens with zero attached hydrogens (tertiary/aromatic N) is 1. The number of benzene rings is 1. The van der Waals surface area contributed by atoms with Gasteiger partial charge in [-0.3, -0.25) is 4.79 Å². The summed E-state index contributed by atoms with van der Waals surface area (Å²) in [7, 11) is 0. The molecular weight excluding hydrogens is 273 g/mol. The minimum Gasteiger partial charge on any atom is -0.347 e. The van der Waals surface area contributed by atoms with Gasteiger partial charge in [0.2, 0.25) is 0 Å². The normalized spacial score (nSPS) is 12.2. The van der Waals surface area contributed by atoms with E-state index in [1.807, 2.05) is 6.92 Å². The van der Waals surface area contributed by atoms with Crippen LogP contribution in [0.15, 0.2) is 30.6 Å². The van der Waals surface area contributed by atoms with Crippen LogP contribution in [0.2, 0.25) is 10.0 Å². The number of hydrogen-bond donors (Lipinski definition) is 2. The van der Waals surface area contributed by atoms with E-state index in [9.17, 15) is 4.79 Å². The third-order valence-electron chi connectivity index (χ3n) is 2.47. The monoisotopic (exact) mass is 283 g/mol. The topological polar surface area (TPSA) is 57.8 Å². The number of carbonyl (C=O) groups is 1. The summed E-state index contributed by atoms with van der Waals surface area (Å²) >= 11 is 11.9. The zero-order valence-corrected chi connectivity index (χ0v) is 11.1. The van der Waals surface area contributed by atoms with Gasteiger partial charge in [-0.15, -0.1) is 0 Å². The largest absolute Gasteiger partial charge is 0.347 e. The number of aromatic amines is 1. The smallest absolute Gasteiger partial charge is 0.254 e. The van der Waals surface area contributed by atoms with Gasteiger partial charge >= 0.3 is 0 Å². The van der Waals surface area contributed by atoms with Crippen molar-refractivity contribution in [3.05, 3.63) is 52.0 Å². The number of aromatic nitrogens is 2. The minimum atomic E-state index is -0.325. The number of halogens is 2. The Balaban J connectivity index is 2.18. The van der Waals surface area contributed by atoms with Crippen molar-refractivity contribution in [3.63, 3.8) is 0 Å². The predicted molar refractivity (Wildman–Crippen MR) is 70.9 cm³/mol. The maximum Gasteiger partial charge on any atom is 0.254 e. The van der Waals surface area contributed by atoms with Crippen LogP contribution in [0.5, 0.6) is 0 Å². The van der Waals surface area contributed by atoms with Crippen molar-refractivity contribution in [2.45, 2.75) is 13.0 Å². The summed E-state index contributed by atoms with van der Waals surface area (Å²) in [5, 5.41) is 3.43. The van der Waals surface area contributed by atoms with E-state index in [1.54, 1.807) is 30.6 Å². The van der Waals surface area contributed by atoms with Gasteiger partial charge in [-0.2, -0.15) is 0 Å². The molecular formula is C12H11Cl2N3O. The van der Waals surface area contributed by atoms with Crippen molar-refractivity contribution >= 4 is 29.1 Å². The fourth-order valence-corrected chi connectivity index (χ4v) is 2.14. The van der Waals surface area contributed by atoms with E-state index in [2.05, 4.69) is 15.3 Å². The lowest BCUT2D eigenvalue weighted by Gasteiger charge is -2.13. The molecule has 6 heteroatoms. The molecule has 18 heavy (non-hydrogen) atoms. The summed E-state index contributed by atoms with van der Waals surface area (Å²) in [5.41, 5.74) is 0.277. The highest BCUT2D eigenvalue weighted by Crippen LogP contribution is 2.24. The summed E-state index contributed by atoms with van der Waals surface area (Å²) in [6.45, 7) is 1.82. The van der Waals surface area contributed by atoms with Crippen molar-refractivity contribution in [2.24, 2.45) is 0 Å². The molecule has 94 valence electrons. The number of imidazole rings is 1. The first-order valence-electron chi connectivity index (χ1n) is 5.33. The third-order valence-corrected chi connectivity index (χ3v) is 3.10. The standard InChI is InChI=1S/C12H11Cl2N3O/c1-7(11-15-5-6-16-11)17-12(18)10-8(13)3-2-4-9(10)14/h2-7H,1H3,(H,15,16)(H,17,18). The van der Waals surface area contributed by atoms with Crippen LogP contribution < -0.4 is 5.32 Å². The number of amides is 1. The highest BCUT2D eigenvalue weighted by Gasteiger charge is 2.17. The predicted octanol–water partition coefficient (Wildman–Crippen LogP) is 3.21. The fourth-order valence-electron chi connectivity index (χ4n) is 1.57. The number of H-pyrrole nitrogens is 1. The highest BCUT2D eigenvalue weighted by atomic mass is 35.5. The van der Waals surface area contributed by atoms with Gasteiger partial charge in [-0.25, -0.2) is 4.98 Å². The second-order valence-electron chi connectivity index (χ2n) is 3.77. The molecule has 0 aliphatic rings. The quantitative estimate of drug-likeness (QED) is 0.909. The summed E-state index contributed by atoms with van der Waals surface area (Å²) in [5.74, 6) is 0.348. The van der Waals surface area contributed by atoms with Gasteiger partial charge in [0.05, 0.1) is 21.7 Å². The van der Waals surface area contributed by atoms with Crippen LogP contribution in [-0.2, 0) is 0 Å². The SMILES string of the molecule is CC(NC(=O)c1c(Cl)cccc1Cl)c1ncc[nH]1. The number of rotatable bonds is 3. The van der Waals surface area contributed by atoms with Crippen molar-refractivity contribution in [1.82, 2.24) is 15.3 Å². The summed E-state index contributed by atoms with van der Waals surface area (Å²) < 4.78 is 0. The van der Waals surface area contributed by atoms with E-state index in [0.717, 1.165) is 0 Å². The van der Waals surface area contributed by atoms with Gasteiger partial charge in [0.25, 0.3) is 5.91 Å². The van der Waals surface area contributed by atoms with E-state index >= 15 is 0 Å². The number of hydrogen-bond acceptors (Lipinski definition) is 2. The van der Waals surface area contributed by atoms with E-state index < -0.39 is 0 Å².